The zero-order valence-corrected chi connectivity index (χ0v) is 13.1. The molecule has 4 nitrogen and oxygen atoms in total. The lowest BCUT2D eigenvalue weighted by Crippen LogP contribution is -2.23. The van der Waals surface area contributed by atoms with Crippen LogP contribution in [0.5, 0.6) is 0 Å². The van der Waals surface area contributed by atoms with Gasteiger partial charge in [0.25, 0.3) is 5.91 Å². The van der Waals surface area contributed by atoms with E-state index in [0.29, 0.717) is 17.3 Å². The van der Waals surface area contributed by atoms with Crippen LogP contribution in [0.3, 0.4) is 0 Å². The van der Waals surface area contributed by atoms with Crippen LogP contribution in [0.2, 0.25) is 5.02 Å². The van der Waals surface area contributed by atoms with Crippen LogP contribution in [0, 0.1) is 0 Å². The highest BCUT2D eigenvalue weighted by atomic mass is 35.5. The van der Waals surface area contributed by atoms with E-state index in [-0.39, 0.29) is 5.91 Å². The van der Waals surface area contributed by atoms with Gasteiger partial charge in [-0.3, -0.25) is 9.78 Å². The number of hydrogen-bond acceptors (Lipinski definition) is 4. The first-order chi connectivity index (χ1) is 10.7. The molecule has 0 aliphatic heterocycles. The lowest BCUT2D eigenvalue weighted by molar-refractivity contribution is 0.0946. The van der Waals surface area contributed by atoms with Crippen molar-refractivity contribution < 1.29 is 4.79 Å². The van der Waals surface area contributed by atoms with Crippen LogP contribution in [0.1, 0.15) is 16.1 Å². The summed E-state index contributed by atoms with van der Waals surface area (Å²) < 4.78 is 0. The molecule has 6 heteroatoms. The van der Waals surface area contributed by atoms with E-state index < -0.39 is 0 Å². The van der Waals surface area contributed by atoms with Crippen molar-refractivity contribution in [1.29, 1.82) is 0 Å². The largest absolute Gasteiger partial charge is 0.347 e. The maximum atomic E-state index is 12.1. The number of carbonyl (C=O) groups excluding carboxylic acids is 1. The summed E-state index contributed by atoms with van der Waals surface area (Å²) in [7, 11) is 0. The molecule has 0 atom stereocenters. The minimum atomic E-state index is -0.187. The number of nitrogens with zero attached hydrogens (tertiary/aromatic N) is 2. The van der Waals surface area contributed by atoms with Crippen molar-refractivity contribution >= 4 is 28.8 Å². The molecular weight excluding hydrogens is 318 g/mol. The van der Waals surface area contributed by atoms with E-state index in [1.807, 2.05) is 36.4 Å². The Morgan fingerprint density at radius 3 is 2.59 bits per heavy atom. The second-order valence-corrected chi connectivity index (χ2v) is 5.88. The second kappa shape index (κ2) is 6.68. The highest BCUT2D eigenvalue weighted by molar-refractivity contribution is 7.13. The molecule has 1 N–H and O–H groups in total. The highest BCUT2D eigenvalue weighted by Crippen LogP contribution is 2.25. The molecule has 2 heterocycles. The van der Waals surface area contributed by atoms with Crippen molar-refractivity contribution in [2.24, 2.45) is 0 Å². The number of carbonyl (C=O) groups is 1. The average molecular weight is 330 g/mol. The van der Waals surface area contributed by atoms with Crippen LogP contribution in [0.15, 0.2) is 54.2 Å². The first kappa shape index (κ1) is 14.7. The standard InChI is InChI=1S/C16H12ClN3OS/c17-13-3-1-12(2-4-13)16-20-14(10-22-16)15(21)19-9-11-5-7-18-8-6-11/h1-8,10H,9H2,(H,19,21). The average Bonchev–Trinajstić information content (AvgIpc) is 3.04. The van der Waals surface area contributed by atoms with Gasteiger partial charge in [-0.2, -0.15) is 0 Å². The van der Waals surface area contributed by atoms with Gasteiger partial charge >= 0.3 is 0 Å². The van der Waals surface area contributed by atoms with Crippen LogP contribution in [-0.4, -0.2) is 15.9 Å². The molecule has 0 radical (unpaired) electrons. The molecule has 1 aromatic carbocycles. The number of halogens is 1. The van der Waals surface area contributed by atoms with E-state index in [4.69, 9.17) is 11.6 Å². The number of nitrogens with one attached hydrogen (secondary N) is 1. The van der Waals surface area contributed by atoms with E-state index >= 15 is 0 Å². The zero-order valence-electron chi connectivity index (χ0n) is 11.5. The molecule has 1 amide bonds. The SMILES string of the molecule is O=C(NCc1ccncc1)c1csc(-c2ccc(Cl)cc2)n1. The Kier molecular flexibility index (Phi) is 4.46. The van der Waals surface area contributed by atoms with Gasteiger partial charge in [0.15, 0.2) is 0 Å². The number of benzene rings is 1. The van der Waals surface area contributed by atoms with Crippen LogP contribution in [-0.2, 0) is 6.54 Å². The Morgan fingerprint density at radius 1 is 1.14 bits per heavy atom. The van der Waals surface area contributed by atoms with Gasteiger partial charge in [0, 0.05) is 34.9 Å². The van der Waals surface area contributed by atoms with Gasteiger partial charge in [0.05, 0.1) is 0 Å². The minimum absolute atomic E-state index is 0.187. The predicted octanol–water partition coefficient (Wildman–Crippen LogP) is 3.79. The van der Waals surface area contributed by atoms with Crippen molar-refractivity contribution in [3.05, 3.63) is 70.5 Å². The van der Waals surface area contributed by atoms with Crippen molar-refractivity contribution in [3.8, 4) is 10.6 Å². The molecule has 0 aliphatic carbocycles. The molecule has 22 heavy (non-hydrogen) atoms. The molecule has 3 aromatic rings. The van der Waals surface area contributed by atoms with Crippen molar-refractivity contribution in [2.45, 2.75) is 6.54 Å². The van der Waals surface area contributed by atoms with Gasteiger partial charge < -0.3 is 5.32 Å². The number of hydrogen-bond donors (Lipinski definition) is 1. The smallest absolute Gasteiger partial charge is 0.271 e. The van der Waals surface area contributed by atoms with Crippen LogP contribution >= 0.6 is 22.9 Å². The molecular formula is C16H12ClN3OS. The van der Waals surface area contributed by atoms with Crippen molar-refractivity contribution in [1.82, 2.24) is 15.3 Å². The molecule has 0 bridgehead atoms. The Labute approximate surface area is 136 Å². The molecule has 0 saturated heterocycles. The minimum Gasteiger partial charge on any atom is -0.347 e. The summed E-state index contributed by atoms with van der Waals surface area (Å²) in [6.07, 6.45) is 3.39. The summed E-state index contributed by atoms with van der Waals surface area (Å²) in [5, 5.41) is 6.07. The van der Waals surface area contributed by atoms with Gasteiger partial charge in [-0.25, -0.2) is 4.98 Å². The van der Waals surface area contributed by atoms with Crippen LogP contribution in [0.25, 0.3) is 10.6 Å². The molecule has 0 unspecified atom stereocenters. The third-order valence-corrected chi connectivity index (χ3v) is 4.17. The maximum absolute atomic E-state index is 12.1. The monoisotopic (exact) mass is 329 g/mol. The first-order valence-electron chi connectivity index (χ1n) is 6.61. The van der Waals surface area contributed by atoms with Gasteiger partial charge in [0.1, 0.15) is 10.7 Å². The maximum Gasteiger partial charge on any atom is 0.271 e. The van der Waals surface area contributed by atoms with Crippen LogP contribution < -0.4 is 5.32 Å². The van der Waals surface area contributed by atoms with E-state index in [1.54, 1.807) is 17.8 Å². The summed E-state index contributed by atoms with van der Waals surface area (Å²) in [4.78, 5) is 20.4. The topological polar surface area (TPSA) is 54.9 Å². The van der Waals surface area contributed by atoms with Crippen molar-refractivity contribution in [3.63, 3.8) is 0 Å². The van der Waals surface area contributed by atoms with Gasteiger partial charge in [-0.05, 0) is 29.8 Å². The summed E-state index contributed by atoms with van der Waals surface area (Å²) in [6, 6.07) is 11.1. The summed E-state index contributed by atoms with van der Waals surface area (Å²) >= 11 is 7.30. The number of aromatic nitrogens is 2. The Hall–Kier alpha value is -2.24. The molecule has 0 spiro atoms. The third kappa shape index (κ3) is 3.50. The summed E-state index contributed by atoms with van der Waals surface area (Å²) in [5.74, 6) is -0.187. The number of amides is 1. The first-order valence-corrected chi connectivity index (χ1v) is 7.87. The third-order valence-electron chi connectivity index (χ3n) is 3.03. The molecule has 0 aliphatic rings. The van der Waals surface area contributed by atoms with E-state index in [9.17, 15) is 4.79 Å². The predicted molar refractivity (Wildman–Crippen MR) is 88.0 cm³/mol. The normalized spacial score (nSPS) is 10.4. The Morgan fingerprint density at radius 2 is 1.86 bits per heavy atom. The van der Waals surface area contributed by atoms with E-state index in [1.165, 1.54) is 11.3 Å². The number of thiazole rings is 1. The Bertz CT molecular complexity index is 772. The fraction of sp³-hybridized carbons (Fsp3) is 0.0625. The number of pyridine rings is 1. The van der Waals surface area contributed by atoms with E-state index in [0.717, 1.165) is 16.1 Å². The molecule has 110 valence electrons. The van der Waals surface area contributed by atoms with Gasteiger partial charge in [-0.1, -0.05) is 23.7 Å². The molecule has 3 rings (SSSR count). The molecule has 2 aromatic heterocycles. The molecule has 0 fully saturated rings. The van der Waals surface area contributed by atoms with Gasteiger partial charge in [-0.15, -0.1) is 11.3 Å². The number of rotatable bonds is 4. The molecule has 0 saturated carbocycles. The summed E-state index contributed by atoms with van der Waals surface area (Å²) in [6.45, 7) is 0.454. The highest BCUT2D eigenvalue weighted by Gasteiger charge is 2.11. The second-order valence-electron chi connectivity index (χ2n) is 4.58. The fourth-order valence-electron chi connectivity index (χ4n) is 1.88. The Balaban J connectivity index is 1.68. The fourth-order valence-corrected chi connectivity index (χ4v) is 2.81. The van der Waals surface area contributed by atoms with Crippen LogP contribution in [0.4, 0.5) is 0 Å². The van der Waals surface area contributed by atoms with Crippen molar-refractivity contribution in [2.75, 3.05) is 0 Å². The quantitative estimate of drug-likeness (QED) is 0.792. The van der Waals surface area contributed by atoms with E-state index in [2.05, 4.69) is 15.3 Å². The van der Waals surface area contributed by atoms with Gasteiger partial charge in [0.2, 0.25) is 0 Å². The zero-order chi connectivity index (χ0) is 15.4. The summed E-state index contributed by atoms with van der Waals surface area (Å²) in [5.41, 5.74) is 2.36. The lowest BCUT2D eigenvalue weighted by Gasteiger charge is -2.02. The lowest BCUT2D eigenvalue weighted by atomic mass is 10.2.